The van der Waals surface area contributed by atoms with Crippen LogP contribution in [-0.2, 0) is 4.79 Å². The van der Waals surface area contributed by atoms with E-state index in [1.165, 1.54) is 0 Å². The highest BCUT2D eigenvalue weighted by Crippen LogP contribution is 2.36. The number of hydrogen-bond acceptors (Lipinski definition) is 5. The molecule has 1 fully saturated rings. The highest BCUT2D eigenvalue weighted by molar-refractivity contribution is 5.76. The van der Waals surface area contributed by atoms with E-state index in [0.29, 0.717) is 25.3 Å². The van der Waals surface area contributed by atoms with Gasteiger partial charge in [-0.15, -0.1) is 0 Å². The van der Waals surface area contributed by atoms with Crippen molar-refractivity contribution < 1.29 is 9.90 Å². The van der Waals surface area contributed by atoms with Crippen molar-refractivity contribution >= 4 is 17.7 Å². The van der Waals surface area contributed by atoms with Crippen LogP contribution in [0.4, 0.5) is 11.8 Å². The molecule has 0 amide bonds. The van der Waals surface area contributed by atoms with Gasteiger partial charge in [0, 0.05) is 33.4 Å². The van der Waals surface area contributed by atoms with E-state index >= 15 is 0 Å². The van der Waals surface area contributed by atoms with Crippen LogP contribution < -0.4 is 9.80 Å². The molecule has 0 spiro atoms. The molecule has 1 atom stereocenters. The molecule has 0 saturated carbocycles. The van der Waals surface area contributed by atoms with Gasteiger partial charge in [0.25, 0.3) is 0 Å². The second-order valence-corrected chi connectivity index (χ2v) is 5.22. The summed E-state index contributed by atoms with van der Waals surface area (Å²) in [6.45, 7) is 3.18. The zero-order valence-electron chi connectivity index (χ0n) is 11.6. The van der Waals surface area contributed by atoms with Crippen molar-refractivity contribution in [3.05, 3.63) is 12.3 Å². The van der Waals surface area contributed by atoms with Crippen molar-refractivity contribution in [1.82, 2.24) is 9.97 Å². The van der Waals surface area contributed by atoms with E-state index in [1.807, 2.05) is 36.9 Å². The molecule has 1 aliphatic rings. The first-order valence-corrected chi connectivity index (χ1v) is 6.47. The monoisotopic (exact) mass is 264 g/mol. The topological polar surface area (TPSA) is 69.6 Å². The molecule has 1 aromatic rings. The minimum Gasteiger partial charge on any atom is -0.481 e. The van der Waals surface area contributed by atoms with Crippen LogP contribution in [0.1, 0.15) is 19.8 Å². The lowest BCUT2D eigenvalue weighted by molar-refractivity contribution is -0.147. The molecular weight excluding hydrogens is 244 g/mol. The van der Waals surface area contributed by atoms with Gasteiger partial charge in [-0.2, -0.15) is 4.98 Å². The number of rotatable bonds is 4. The van der Waals surface area contributed by atoms with Crippen molar-refractivity contribution in [3.63, 3.8) is 0 Å². The van der Waals surface area contributed by atoms with Gasteiger partial charge in [-0.3, -0.25) is 4.79 Å². The van der Waals surface area contributed by atoms with Crippen LogP contribution in [0.15, 0.2) is 12.3 Å². The maximum absolute atomic E-state index is 11.4. The Morgan fingerprint density at radius 2 is 2.32 bits per heavy atom. The van der Waals surface area contributed by atoms with Gasteiger partial charge in [0.05, 0.1) is 5.41 Å². The SMILES string of the molecule is CCC1(C(=O)O)CCN(c2ccnc(N(C)C)n2)C1. The number of aliphatic carboxylic acids is 1. The Hall–Kier alpha value is -1.85. The minimum absolute atomic E-state index is 0.517. The summed E-state index contributed by atoms with van der Waals surface area (Å²) in [7, 11) is 3.77. The van der Waals surface area contributed by atoms with E-state index in [2.05, 4.69) is 9.97 Å². The molecule has 0 aliphatic carbocycles. The summed E-state index contributed by atoms with van der Waals surface area (Å²) in [4.78, 5) is 23.9. The predicted molar refractivity (Wildman–Crippen MR) is 73.5 cm³/mol. The van der Waals surface area contributed by atoms with Gasteiger partial charge in [-0.05, 0) is 18.9 Å². The number of anilines is 2. The zero-order valence-corrected chi connectivity index (χ0v) is 11.6. The Balaban J connectivity index is 2.21. The van der Waals surface area contributed by atoms with Crippen molar-refractivity contribution in [1.29, 1.82) is 0 Å². The average Bonchev–Trinajstić information content (AvgIpc) is 2.84. The van der Waals surface area contributed by atoms with Crippen LogP contribution in [0.25, 0.3) is 0 Å². The molecule has 0 aromatic carbocycles. The Bertz CT molecular complexity index is 477. The Morgan fingerprint density at radius 1 is 1.58 bits per heavy atom. The smallest absolute Gasteiger partial charge is 0.311 e. The minimum atomic E-state index is -0.709. The van der Waals surface area contributed by atoms with Crippen molar-refractivity contribution in [2.24, 2.45) is 5.41 Å². The standard InChI is InChI=1S/C13H20N4O2/c1-4-13(11(18)19)6-8-17(9-13)10-5-7-14-12(15-10)16(2)3/h5,7H,4,6,8-9H2,1-3H3,(H,18,19). The maximum Gasteiger partial charge on any atom is 0.311 e. The molecule has 0 radical (unpaired) electrons. The van der Waals surface area contributed by atoms with Crippen LogP contribution in [0.5, 0.6) is 0 Å². The lowest BCUT2D eigenvalue weighted by atomic mass is 9.84. The first-order valence-electron chi connectivity index (χ1n) is 6.47. The molecule has 19 heavy (non-hydrogen) atoms. The van der Waals surface area contributed by atoms with Crippen LogP contribution in [-0.4, -0.2) is 48.2 Å². The summed E-state index contributed by atoms with van der Waals surface area (Å²) in [6.07, 6.45) is 3.02. The lowest BCUT2D eigenvalue weighted by Crippen LogP contribution is -2.34. The molecular formula is C13H20N4O2. The highest BCUT2D eigenvalue weighted by atomic mass is 16.4. The first kappa shape index (κ1) is 13.6. The van der Waals surface area contributed by atoms with Gasteiger partial charge in [0.1, 0.15) is 5.82 Å². The second-order valence-electron chi connectivity index (χ2n) is 5.22. The van der Waals surface area contributed by atoms with Gasteiger partial charge < -0.3 is 14.9 Å². The largest absolute Gasteiger partial charge is 0.481 e. The Labute approximate surface area is 113 Å². The lowest BCUT2D eigenvalue weighted by Gasteiger charge is -2.24. The highest BCUT2D eigenvalue weighted by Gasteiger charge is 2.43. The third kappa shape index (κ3) is 2.47. The molecule has 1 saturated heterocycles. The van der Waals surface area contributed by atoms with Crippen LogP contribution in [0, 0.1) is 5.41 Å². The summed E-state index contributed by atoms with van der Waals surface area (Å²) >= 11 is 0. The molecule has 1 aromatic heterocycles. The molecule has 2 rings (SSSR count). The molecule has 2 heterocycles. The maximum atomic E-state index is 11.4. The zero-order chi connectivity index (χ0) is 14.0. The molecule has 6 heteroatoms. The molecule has 104 valence electrons. The van der Waals surface area contributed by atoms with E-state index in [0.717, 1.165) is 12.4 Å². The third-order valence-electron chi connectivity index (χ3n) is 3.84. The summed E-state index contributed by atoms with van der Waals surface area (Å²) in [5.74, 6) is 0.733. The summed E-state index contributed by atoms with van der Waals surface area (Å²) < 4.78 is 0. The molecule has 0 bridgehead atoms. The predicted octanol–water partition coefficient (Wildman–Crippen LogP) is 1.23. The van der Waals surface area contributed by atoms with E-state index in [4.69, 9.17) is 0 Å². The quantitative estimate of drug-likeness (QED) is 0.882. The normalized spacial score (nSPS) is 22.6. The van der Waals surface area contributed by atoms with Crippen LogP contribution >= 0.6 is 0 Å². The third-order valence-corrected chi connectivity index (χ3v) is 3.84. The van der Waals surface area contributed by atoms with Crippen molar-refractivity contribution in [2.75, 3.05) is 37.0 Å². The molecule has 6 nitrogen and oxygen atoms in total. The second kappa shape index (κ2) is 5.03. The van der Waals surface area contributed by atoms with E-state index in [1.54, 1.807) is 6.20 Å². The van der Waals surface area contributed by atoms with Gasteiger partial charge in [0.15, 0.2) is 0 Å². The Morgan fingerprint density at radius 3 is 2.84 bits per heavy atom. The molecule has 1 N–H and O–H groups in total. The van der Waals surface area contributed by atoms with E-state index in [9.17, 15) is 9.90 Å². The number of carboxylic acids is 1. The summed E-state index contributed by atoms with van der Waals surface area (Å²) in [5, 5.41) is 9.40. The van der Waals surface area contributed by atoms with Gasteiger partial charge >= 0.3 is 5.97 Å². The van der Waals surface area contributed by atoms with Crippen LogP contribution in [0.3, 0.4) is 0 Å². The van der Waals surface area contributed by atoms with E-state index in [-0.39, 0.29) is 0 Å². The van der Waals surface area contributed by atoms with Crippen molar-refractivity contribution in [3.8, 4) is 0 Å². The van der Waals surface area contributed by atoms with Gasteiger partial charge in [-0.1, -0.05) is 6.92 Å². The number of aromatic nitrogens is 2. The number of hydrogen-bond donors (Lipinski definition) is 1. The number of carboxylic acid groups (broad SMARTS) is 1. The first-order chi connectivity index (χ1) is 8.98. The average molecular weight is 264 g/mol. The van der Waals surface area contributed by atoms with E-state index < -0.39 is 11.4 Å². The summed E-state index contributed by atoms with van der Waals surface area (Å²) in [5.41, 5.74) is -0.636. The Kier molecular flexibility index (Phi) is 3.59. The summed E-state index contributed by atoms with van der Waals surface area (Å²) in [6, 6.07) is 1.83. The van der Waals surface area contributed by atoms with Crippen molar-refractivity contribution in [2.45, 2.75) is 19.8 Å². The molecule has 1 aliphatic heterocycles. The molecule has 1 unspecified atom stereocenters. The fourth-order valence-corrected chi connectivity index (χ4v) is 2.41. The fourth-order valence-electron chi connectivity index (χ4n) is 2.41. The number of nitrogens with zero attached hydrogens (tertiary/aromatic N) is 4. The van der Waals surface area contributed by atoms with Gasteiger partial charge in [-0.25, -0.2) is 4.98 Å². The van der Waals surface area contributed by atoms with Gasteiger partial charge in [0.2, 0.25) is 5.95 Å². The number of carbonyl (C=O) groups is 1. The van der Waals surface area contributed by atoms with Crippen LogP contribution in [0.2, 0.25) is 0 Å². The fraction of sp³-hybridized carbons (Fsp3) is 0.615.